The van der Waals surface area contributed by atoms with Crippen LogP contribution in [0.25, 0.3) is 38.4 Å². The van der Waals surface area contributed by atoms with Gasteiger partial charge >= 0.3 is 0 Å². The zero-order chi connectivity index (χ0) is 18.0. The molecule has 4 aromatic carbocycles. The van der Waals surface area contributed by atoms with Crippen LogP contribution in [0.3, 0.4) is 0 Å². The third kappa shape index (κ3) is 1.81. The fraction of sp³-hybridized carbons (Fsp3) is 0.0833. The Kier molecular flexibility index (Phi) is 2.96. The van der Waals surface area contributed by atoms with Gasteiger partial charge in [-0.25, -0.2) is 0 Å². The first-order valence-electron chi connectivity index (χ1n) is 8.72. The van der Waals surface area contributed by atoms with Crippen LogP contribution in [0.15, 0.2) is 54.6 Å². The molecule has 0 spiro atoms. The smallest absolute Gasteiger partial charge is 0.233 e. The highest BCUT2D eigenvalue weighted by atomic mass is 16.2. The summed E-state index contributed by atoms with van der Waals surface area (Å²) in [6, 6.07) is 16.5. The molecule has 0 heterocycles. The Hall–Kier alpha value is -3.26. The van der Waals surface area contributed by atoms with Gasteiger partial charge in [0.05, 0.1) is 0 Å². The minimum Gasteiger partial charge on any atom is -0.286 e. The number of carbonyl (C=O) groups excluding carboxylic acids is 2. The van der Waals surface area contributed by atoms with Crippen molar-refractivity contribution in [1.29, 1.82) is 0 Å². The summed E-state index contributed by atoms with van der Waals surface area (Å²) in [4.78, 5) is 24.1. The molecule has 2 nitrogen and oxygen atoms in total. The number of ketones is 2. The monoisotopic (exact) mass is 336 g/mol. The van der Waals surface area contributed by atoms with Crippen molar-refractivity contribution in [2.45, 2.75) is 13.8 Å². The summed E-state index contributed by atoms with van der Waals surface area (Å²) in [5.74, 6) is -0.864. The van der Waals surface area contributed by atoms with Crippen LogP contribution in [0.1, 0.15) is 27.0 Å². The van der Waals surface area contributed by atoms with Crippen molar-refractivity contribution in [1.82, 2.24) is 0 Å². The van der Waals surface area contributed by atoms with Crippen LogP contribution in [0.2, 0.25) is 0 Å². The standard InChI is InChI=1S/C24H16O2/c1-13-16-8-7-15-5-3-4-6-18(15)22(16)14(2)23-17(13)9-10-20-19(23)11-12-21(25)24(20)26/h3-12H,1-2H3. The average Bonchev–Trinajstić information content (AvgIpc) is 2.67. The first-order chi connectivity index (χ1) is 12.6. The molecule has 5 rings (SSSR count). The van der Waals surface area contributed by atoms with Gasteiger partial charge in [0.1, 0.15) is 0 Å². The zero-order valence-corrected chi connectivity index (χ0v) is 14.6. The van der Waals surface area contributed by atoms with E-state index in [0.717, 1.165) is 21.9 Å². The van der Waals surface area contributed by atoms with Crippen molar-refractivity contribution in [2.24, 2.45) is 0 Å². The summed E-state index contributed by atoms with van der Waals surface area (Å²) in [6.45, 7) is 4.25. The Morgan fingerprint density at radius 3 is 2.23 bits per heavy atom. The molecule has 0 fully saturated rings. The quantitative estimate of drug-likeness (QED) is 0.240. The van der Waals surface area contributed by atoms with Crippen molar-refractivity contribution in [3.8, 4) is 0 Å². The number of hydrogen-bond acceptors (Lipinski definition) is 2. The maximum Gasteiger partial charge on any atom is 0.233 e. The van der Waals surface area contributed by atoms with E-state index < -0.39 is 11.6 Å². The van der Waals surface area contributed by atoms with E-state index >= 15 is 0 Å². The largest absolute Gasteiger partial charge is 0.286 e. The lowest BCUT2D eigenvalue weighted by Crippen LogP contribution is -2.16. The van der Waals surface area contributed by atoms with Gasteiger partial charge in [-0.1, -0.05) is 42.5 Å². The molecular weight excluding hydrogens is 320 g/mol. The van der Waals surface area contributed by atoms with Crippen LogP contribution in [0.5, 0.6) is 0 Å². The maximum absolute atomic E-state index is 12.3. The Morgan fingerprint density at radius 2 is 1.38 bits per heavy atom. The van der Waals surface area contributed by atoms with Crippen LogP contribution < -0.4 is 0 Å². The molecule has 0 saturated carbocycles. The molecule has 0 radical (unpaired) electrons. The highest BCUT2D eigenvalue weighted by Crippen LogP contribution is 2.39. The molecular formula is C24H16O2. The molecule has 2 heteroatoms. The molecule has 0 aromatic heterocycles. The van der Waals surface area contributed by atoms with Gasteiger partial charge in [0, 0.05) is 5.56 Å². The van der Waals surface area contributed by atoms with E-state index in [2.05, 4.69) is 44.2 Å². The number of fused-ring (bicyclic) bond motifs is 6. The van der Waals surface area contributed by atoms with E-state index in [4.69, 9.17) is 0 Å². The van der Waals surface area contributed by atoms with E-state index in [0.29, 0.717) is 5.56 Å². The second-order valence-corrected chi connectivity index (χ2v) is 6.94. The third-order valence-corrected chi connectivity index (χ3v) is 5.60. The first kappa shape index (κ1) is 15.0. The molecule has 26 heavy (non-hydrogen) atoms. The molecule has 4 aromatic rings. The molecule has 0 N–H and O–H groups in total. The first-order valence-corrected chi connectivity index (χ1v) is 8.72. The molecule has 1 aliphatic carbocycles. The predicted molar refractivity (Wildman–Crippen MR) is 107 cm³/mol. The molecule has 124 valence electrons. The Labute approximate surface area is 150 Å². The van der Waals surface area contributed by atoms with Crippen LogP contribution in [-0.4, -0.2) is 11.6 Å². The number of Topliss-reactive ketones (excluding diaryl/α,β-unsaturated/α-hetero) is 1. The van der Waals surface area contributed by atoms with E-state index in [1.165, 1.54) is 33.2 Å². The second kappa shape index (κ2) is 5.12. The minimum atomic E-state index is -0.447. The molecule has 0 amide bonds. The third-order valence-electron chi connectivity index (χ3n) is 5.60. The van der Waals surface area contributed by atoms with Crippen molar-refractivity contribution in [3.63, 3.8) is 0 Å². The number of hydrogen-bond donors (Lipinski definition) is 0. The highest BCUT2D eigenvalue weighted by molar-refractivity contribution is 6.50. The topological polar surface area (TPSA) is 34.1 Å². The van der Waals surface area contributed by atoms with Gasteiger partial charge < -0.3 is 0 Å². The minimum absolute atomic E-state index is 0.417. The maximum atomic E-state index is 12.3. The average molecular weight is 336 g/mol. The van der Waals surface area contributed by atoms with Crippen LogP contribution in [0, 0.1) is 13.8 Å². The van der Waals surface area contributed by atoms with Gasteiger partial charge in [-0.15, -0.1) is 0 Å². The van der Waals surface area contributed by atoms with Gasteiger partial charge in [-0.2, -0.15) is 0 Å². The molecule has 0 atom stereocenters. The van der Waals surface area contributed by atoms with Crippen molar-refractivity contribution < 1.29 is 9.59 Å². The summed E-state index contributed by atoms with van der Waals surface area (Å²) < 4.78 is 0. The van der Waals surface area contributed by atoms with E-state index in [9.17, 15) is 9.59 Å². The number of aryl methyl sites for hydroxylation is 2. The fourth-order valence-corrected chi connectivity index (χ4v) is 4.33. The van der Waals surface area contributed by atoms with Gasteiger partial charge in [0.25, 0.3) is 0 Å². The molecule has 0 saturated heterocycles. The molecule has 0 bridgehead atoms. The number of allylic oxidation sites excluding steroid dienone is 1. The van der Waals surface area contributed by atoms with Gasteiger partial charge in [-0.05, 0) is 81.1 Å². The predicted octanol–water partition coefficient (Wildman–Crippen LogP) is 5.54. The summed E-state index contributed by atoms with van der Waals surface area (Å²) in [6.07, 6.45) is 3.19. The summed E-state index contributed by atoms with van der Waals surface area (Å²) >= 11 is 0. The number of carbonyl (C=O) groups is 2. The summed E-state index contributed by atoms with van der Waals surface area (Å²) in [5.41, 5.74) is 3.72. The Morgan fingerprint density at radius 1 is 0.654 bits per heavy atom. The lowest BCUT2D eigenvalue weighted by molar-refractivity contribution is -0.110. The lowest BCUT2D eigenvalue weighted by Gasteiger charge is -2.19. The van der Waals surface area contributed by atoms with E-state index in [1.807, 2.05) is 12.1 Å². The Bertz CT molecular complexity index is 1320. The SMILES string of the molecule is Cc1c2ccc3c(c2c(C)c2c1ccc1ccccc12)C=CC(=O)C3=O. The normalized spacial score (nSPS) is 13.8. The van der Waals surface area contributed by atoms with Gasteiger partial charge in [0.2, 0.25) is 11.6 Å². The van der Waals surface area contributed by atoms with Crippen LogP contribution in [-0.2, 0) is 4.79 Å². The lowest BCUT2D eigenvalue weighted by atomic mass is 9.84. The van der Waals surface area contributed by atoms with Gasteiger partial charge in [0.15, 0.2) is 0 Å². The van der Waals surface area contributed by atoms with Crippen molar-refractivity contribution >= 4 is 50.0 Å². The van der Waals surface area contributed by atoms with Crippen molar-refractivity contribution in [2.75, 3.05) is 0 Å². The van der Waals surface area contributed by atoms with Crippen LogP contribution in [0.4, 0.5) is 0 Å². The fourth-order valence-electron chi connectivity index (χ4n) is 4.33. The van der Waals surface area contributed by atoms with E-state index in [-0.39, 0.29) is 0 Å². The summed E-state index contributed by atoms with van der Waals surface area (Å²) in [5, 5.41) is 7.08. The van der Waals surface area contributed by atoms with Crippen molar-refractivity contribution in [3.05, 3.63) is 76.9 Å². The molecule has 1 aliphatic rings. The van der Waals surface area contributed by atoms with E-state index in [1.54, 1.807) is 12.1 Å². The second-order valence-electron chi connectivity index (χ2n) is 6.94. The number of benzene rings is 4. The Balaban J connectivity index is 2.07. The molecule has 0 aliphatic heterocycles. The zero-order valence-electron chi connectivity index (χ0n) is 14.6. The number of rotatable bonds is 0. The van der Waals surface area contributed by atoms with Crippen LogP contribution >= 0.6 is 0 Å². The highest BCUT2D eigenvalue weighted by Gasteiger charge is 2.24. The van der Waals surface area contributed by atoms with Gasteiger partial charge in [-0.3, -0.25) is 9.59 Å². The molecule has 0 unspecified atom stereocenters. The summed E-state index contributed by atoms with van der Waals surface area (Å²) in [7, 11) is 0.